The van der Waals surface area contributed by atoms with Crippen molar-refractivity contribution in [1.82, 2.24) is 0 Å². The van der Waals surface area contributed by atoms with Crippen LogP contribution in [0, 0.1) is 6.92 Å². The molecule has 0 spiro atoms. The second-order valence-corrected chi connectivity index (χ2v) is 7.66. The minimum Gasteiger partial charge on any atom is -0.268 e. The van der Waals surface area contributed by atoms with Crippen LogP contribution in [0.4, 0.5) is 5.69 Å². The van der Waals surface area contributed by atoms with Crippen molar-refractivity contribution in [2.75, 3.05) is 4.31 Å². The average molecular weight is 349 g/mol. The zero-order valence-electron chi connectivity index (χ0n) is 13.5. The fourth-order valence-corrected chi connectivity index (χ4v) is 4.80. The number of sulfonamides is 1. The van der Waals surface area contributed by atoms with Gasteiger partial charge in [0.05, 0.1) is 10.6 Å². The molecule has 0 aromatic heterocycles. The third-order valence-electron chi connectivity index (χ3n) is 4.38. The monoisotopic (exact) mass is 349 g/mol. The number of benzene rings is 3. The number of hydrogen-bond acceptors (Lipinski definition) is 3. The molecule has 124 valence electrons. The van der Waals surface area contributed by atoms with Gasteiger partial charge in [-0.2, -0.15) is 4.31 Å². The van der Waals surface area contributed by atoms with Gasteiger partial charge in [-0.3, -0.25) is 4.79 Å². The van der Waals surface area contributed by atoms with Gasteiger partial charge in [-0.1, -0.05) is 54.6 Å². The summed E-state index contributed by atoms with van der Waals surface area (Å²) in [5, 5.41) is 0. The smallest absolute Gasteiger partial charge is 0.268 e. The number of anilines is 1. The lowest BCUT2D eigenvalue weighted by molar-refractivity contribution is 0.100. The number of aryl methyl sites for hydroxylation is 1. The lowest BCUT2D eigenvalue weighted by atomic mass is 10.0. The second kappa shape index (κ2) is 5.57. The third kappa shape index (κ3) is 2.27. The highest BCUT2D eigenvalue weighted by Gasteiger charge is 2.39. The summed E-state index contributed by atoms with van der Waals surface area (Å²) >= 11 is 0. The summed E-state index contributed by atoms with van der Waals surface area (Å²) < 4.78 is 27.3. The van der Waals surface area contributed by atoms with Crippen molar-refractivity contribution in [3.63, 3.8) is 0 Å². The molecular weight excluding hydrogens is 334 g/mol. The number of amides is 1. The van der Waals surface area contributed by atoms with Crippen LogP contribution in [-0.4, -0.2) is 14.3 Å². The largest absolute Gasteiger partial charge is 0.272 e. The van der Waals surface area contributed by atoms with Crippen molar-refractivity contribution in [2.24, 2.45) is 0 Å². The maximum absolute atomic E-state index is 13.2. The quantitative estimate of drug-likeness (QED) is 0.667. The second-order valence-electron chi connectivity index (χ2n) is 5.90. The van der Waals surface area contributed by atoms with Crippen LogP contribution in [0.25, 0.3) is 11.1 Å². The number of carbonyl (C=O) groups is 1. The van der Waals surface area contributed by atoms with E-state index >= 15 is 0 Å². The Morgan fingerprint density at radius 1 is 0.800 bits per heavy atom. The number of nitrogens with zero attached hydrogens (tertiary/aromatic N) is 1. The Morgan fingerprint density at radius 3 is 2.16 bits per heavy atom. The number of hydrogen-bond donors (Lipinski definition) is 0. The molecule has 5 heteroatoms. The molecule has 0 bridgehead atoms. The molecule has 1 amide bonds. The number of rotatable bonds is 1. The Morgan fingerprint density at radius 2 is 1.40 bits per heavy atom. The third-order valence-corrected chi connectivity index (χ3v) is 6.13. The SMILES string of the molecule is Cc1ccccc1C(=O)N1c2ccccc2-c2ccccc2S1(=O)=O. The minimum atomic E-state index is -3.98. The van der Waals surface area contributed by atoms with Crippen LogP contribution < -0.4 is 4.31 Å². The summed E-state index contributed by atoms with van der Waals surface area (Å²) in [4.78, 5) is 13.3. The average Bonchev–Trinajstić information content (AvgIpc) is 2.62. The predicted octanol–water partition coefficient (Wildman–Crippen LogP) is 4.01. The van der Waals surface area contributed by atoms with Crippen LogP contribution in [0.2, 0.25) is 0 Å². The Bertz CT molecular complexity index is 1100. The van der Waals surface area contributed by atoms with Gasteiger partial charge in [0.15, 0.2) is 0 Å². The molecule has 1 heterocycles. The molecule has 1 aliphatic rings. The number of carbonyl (C=O) groups excluding carboxylic acids is 1. The Labute approximate surface area is 146 Å². The van der Waals surface area contributed by atoms with Crippen LogP contribution in [0.15, 0.2) is 77.7 Å². The van der Waals surface area contributed by atoms with Gasteiger partial charge < -0.3 is 0 Å². The first-order chi connectivity index (χ1) is 12.0. The van der Waals surface area contributed by atoms with Crippen LogP contribution >= 0.6 is 0 Å². The Kier molecular flexibility index (Phi) is 3.47. The highest BCUT2D eigenvalue weighted by atomic mass is 32.2. The fourth-order valence-electron chi connectivity index (χ4n) is 3.16. The van der Waals surface area contributed by atoms with Gasteiger partial charge in [0, 0.05) is 16.7 Å². The van der Waals surface area contributed by atoms with Gasteiger partial charge in [-0.25, -0.2) is 8.42 Å². The summed E-state index contributed by atoms with van der Waals surface area (Å²) in [5.74, 6) is -0.542. The molecule has 4 nitrogen and oxygen atoms in total. The zero-order chi connectivity index (χ0) is 17.6. The number of fused-ring (bicyclic) bond motifs is 3. The van der Waals surface area contributed by atoms with Crippen molar-refractivity contribution in [2.45, 2.75) is 11.8 Å². The molecule has 0 radical (unpaired) electrons. The first-order valence-electron chi connectivity index (χ1n) is 7.85. The van der Waals surface area contributed by atoms with E-state index in [9.17, 15) is 13.2 Å². The Balaban J connectivity index is 2.01. The van der Waals surface area contributed by atoms with Crippen molar-refractivity contribution >= 4 is 21.6 Å². The fraction of sp³-hybridized carbons (Fsp3) is 0.0500. The van der Waals surface area contributed by atoms with Crippen molar-refractivity contribution in [1.29, 1.82) is 0 Å². The molecule has 0 fully saturated rings. The van der Waals surface area contributed by atoms with E-state index in [4.69, 9.17) is 0 Å². The summed E-state index contributed by atoms with van der Waals surface area (Å²) in [6.07, 6.45) is 0. The molecule has 3 aromatic rings. The van der Waals surface area contributed by atoms with Crippen LogP contribution in [0.5, 0.6) is 0 Å². The van der Waals surface area contributed by atoms with Gasteiger partial charge in [0.25, 0.3) is 15.9 Å². The molecule has 1 aliphatic heterocycles. The van der Waals surface area contributed by atoms with Gasteiger partial charge in [0.1, 0.15) is 0 Å². The molecule has 0 saturated heterocycles. The summed E-state index contributed by atoms with van der Waals surface area (Å²) in [5.41, 5.74) is 2.84. The van der Waals surface area contributed by atoms with Gasteiger partial charge >= 0.3 is 0 Å². The first kappa shape index (κ1) is 15.6. The topological polar surface area (TPSA) is 54.5 Å². The van der Waals surface area contributed by atoms with E-state index in [-0.39, 0.29) is 4.90 Å². The summed E-state index contributed by atoms with van der Waals surface area (Å²) in [6.45, 7) is 1.80. The van der Waals surface area contributed by atoms with Crippen LogP contribution in [0.1, 0.15) is 15.9 Å². The lowest BCUT2D eigenvalue weighted by Gasteiger charge is -2.30. The summed E-state index contributed by atoms with van der Waals surface area (Å²) in [6, 6.07) is 20.8. The molecule has 0 unspecified atom stereocenters. The van der Waals surface area contributed by atoms with Crippen molar-refractivity contribution < 1.29 is 13.2 Å². The zero-order valence-corrected chi connectivity index (χ0v) is 14.3. The maximum atomic E-state index is 13.2. The maximum Gasteiger partial charge on any atom is 0.272 e. The highest BCUT2D eigenvalue weighted by molar-refractivity contribution is 7.93. The molecular formula is C20H15NO3S. The normalized spacial score (nSPS) is 14.5. The van der Waals surface area contributed by atoms with Crippen LogP contribution in [0.3, 0.4) is 0 Å². The minimum absolute atomic E-state index is 0.149. The van der Waals surface area contributed by atoms with Gasteiger partial charge in [0.2, 0.25) is 0 Å². The Hall–Kier alpha value is -2.92. The molecule has 3 aromatic carbocycles. The first-order valence-corrected chi connectivity index (χ1v) is 9.29. The van der Waals surface area contributed by atoms with Gasteiger partial charge in [-0.05, 0) is 30.7 Å². The molecule has 0 saturated carbocycles. The van der Waals surface area contributed by atoms with Crippen LogP contribution in [-0.2, 0) is 10.0 Å². The number of para-hydroxylation sites is 1. The lowest BCUT2D eigenvalue weighted by Crippen LogP contribution is -2.39. The van der Waals surface area contributed by atoms with E-state index in [2.05, 4.69) is 0 Å². The standard InChI is InChI=1S/C20H15NO3S/c1-14-8-2-3-9-15(14)20(22)21-18-12-6-4-10-16(18)17-11-5-7-13-19(17)25(21,23)24/h2-13H,1H3. The van der Waals surface area contributed by atoms with Crippen molar-refractivity contribution in [3.05, 3.63) is 83.9 Å². The molecule has 4 rings (SSSR count). The molecule has 0 N–H and O–H groups in total. The van der Waals surface area contributed by atoms with E-state index < -0.39 is 15.9 Å². The highest BCUT2D eigenvalue weighted by Crippen LogP contribution is 2.43. The summed E-state index contributed by atoms with van der Waals surface area (Å²) in [7, 11) is -3.98. The van der Waals surface area contributed by atoms with E-state index in [0.717, 1.165) is 15.4 Å². The molecule has 0 atom stereocenters. The van der Waals surface area contributed by atoms with Gasteiger partial charge in [-0.15, -0.1) is 0 Å². The van der Waals surface area contributed by atoms with E-state index in [1.807, 2.05) is 18.2 Å². The van der Waals surface area contributed by atoms with E-state index in [1.165, 1.54) is 0 Å². The van der Waals surface area contributed by atoms with Crippen molar-refractivity contribution in [3.8, 4) is 11.1 Å². The predicted molar refractivity (Wildman–Crippen MR) is 97.1 cm³/mol. The molecule has 25 heavy (non-hydrogen) atoms. The van der Waals surface area contributed by atoms with E-state index in [1.54, 1.807) is 61.5 Å². The molecule has 0 aliphatic carbocycles. The van der Waals surface area contributed by atoms with E-state index in [0.29, 0.717) is 16.8 Å².